The van der Waals surface area contributed by atoms with Crippen molar-refractivity contribution in [3.05, 3.63) is 84.0 Å². The summed E-state index contributed by atoms with van der Waals surface area (Å²) in [7, 11) is 1.65. The van der Waals surface area contributed by atoms with Gasteiger partial charge in [-0.2, -0.15) is 0 Å². The molecular formula is C25H28O3. The average molecular weight is 376 g/mol. The summed E-state index contributed by atoms with van der Waals surface area (Å²) < 4.78 is 11.1. The maximum absolute atomic E-state index is 12.1. The largest absolute Gasteiger partial charge is 0.496 e. The van der Waals surface area contributed by atoms with Crippen LogP contribution in [-0.4, -0.2) is 18.5 Å². The second kappa shape index (κ2) is 9.75. The first-order valence-corrected chi connectivity index (χ1v) is 9.28. The minimum absolute atomic E-state index is 0.0730. The summed E-state index contributed by atoms with van der Waals surface area (Å²) in [6.07, 6.45) is 9.27. The molecule has 2 rings (SSSR count). The Kier molecular flexibility index (Phi) is 7.39. The van der Waals surface area contributed by atoms with Gasteiger partial charge in [-0.25, -0.2) is 0 Å². The van der Waals surface area contributed by atoms with E-state index in [1.54, 1.807) is 31.4 Å². The van der Waals surface area contributed by atoms with E-state index < -0.39 is 0 Å². The first-order chi connectivity index (χ1) is 13.3. The first-order valence-electron chi connectivity index (χ1n) is 9.28. The van der Waals surface area contributed by atoms with Crippen molar-refractivity contribution in [2.75, 3.05) is 7.11 Å². The van der Waals surface area contributed by atoms with E-state index in [4.69, 9.17) is 9.47 Å². The highest BCUT2D eigenvalue weighted by Crippen LogP contribution is 2.22. The Bertz CT molecular complexity index is 866. The number of hydrogen-bond donors (Lipinski definition) is 0. The average Bonchev–Trinajstić information content (AvgIpc) is 2.65. The third-order valence-electron chi connectivity index (χ3n) is 3.85. The van der Waals surface area contributed by atoms with Crippen LogP contribution < -0.4 is 9.47 Å². The fourth-order valence-electron chi connectivity index (χ4n) is 2.63. The van der Waals surface area contributed by atoms with Gasteiger partial charge in [-0.3, -0.25) is 4.79 Å². The second-order valence-electron chi connectivity index (χ2n) is 7.42. The predicted molar refractivity (Wildman–Crippen MR) is 117 cm³/mol. The third-order valence-corrected chi connectivity index (χ3v) is 3.85. The highest BCUT2D eigenvalue weighted by molar-refractivity contribution is 6.04. The Balaban J connectivity index is 2.01. The van der Waals surface area contributed by atoms with E-state index in [0.29, 0.717) is 6.42 Å². The van der Waals surface area contributed by atoms with Gasteiger partial charge in [0.2, 0.25) is 0 Å². The lowest BCUT2D eigenvalue weighted by Gasteiger charge is -2.21. The summed E-state index contributed by atoms with van der Waals surface area (Å²) in [6, 6.07) is 13.5. The van der Waals surface area contributed by atoms with Gasteiger partial charge in [0.1, 0.15) is 17.1 Å². The zero-order valence-corrected chi connectivity index (χ0v) is 17.1. The summed E-state index contributed by atoms with van der Waals surface area (Å²) >= 11 is 0. The van der Waals surface area contributed by atoms with Crippen LogP contribution in [0.1, 0.15) is 37.5 Å². The van der Waals surface area contributed by atoms with E-state index in [-0.39, 0.29) is 11.4 Å². The Hall–Kier alpha value is -3.07. The fraction of sp³-hybridized carbons (Fsp3) is 0.240. The Labute approximate surface area is 168 Å². The predicted octanol–water partition coefficient (Wildman–Crippen LogP) is 5.90. The van der Waals surface area contributed by atoms with Crippen LogP contribution in [0.2, 0.25) is 0 Å². The molecule has 0 bridgehead atoms. The molecule has 28 heavy (non-hydrogen) atoms. The standard InChI is InChI=1S/C25H28O3/c1-6-7-21-18-20(12-17-24(21)27-5)9-14-22(26)13-8-19-10-15-23(16-11-19)28-25(2,3)4/h6,8-18H,1,7H2,2-5H3/b13-8+,14-9+. The molecule has 0 radical (unpaired) electrons. The van der Waals surface area contributed by atoms with Crippen LogP contribution in [0.5, 0.6) is 11.5 Å². The topological polar surface area (TPSA) is 35.5 Å². The highest BCUT2D eigenvalue weighted by Gasteiger charge is 2.11. The van der Waals surface area contributed by atoms with Crippen molar-refractivity contribution < 1.29 is 14.3 Å². The Morgan fingerprint density at radius 2 is 1.61 bits per heavy atom. The van der Waals surface area contributed by atoms with Gasteiger partial charge in [-0.15, -0.1) is 6.58 Å². The van der Waals surface area contributed by atoms with Crippen molar-refractivity contribution in [1.82, 2.24) is 0 Å². The quantitative estimate of drug-likeness (QED) is 0.425. The summed E-state index contributed by atoms with van der Waals surface area (Å²) in [4.78, 5) is 12.1. The molecule has 0 saturated heterocycles. The van der Waals surface area contributed by atoms with Crippen molar-refractivity contribution in [1.29, 1.82) is 0 Å². The van der Waals surface area contributed by atoms with Crippen molar-refractivity contribution >= 4 is 17.9 Å². The minimum Gasteiger partial charge on any atom is -0.496 e. The second-order valence-corrected chi connectivity index (χ2v) is 7.42. The lowest BCUT2D eigenvalue weighted by Crippen LogP contribution is -2.22. The van der Waals surface area contributed by atoms with Crippen molar-refractivity contribution in [2.24, 2.45) is 0 Å². The smallest absolute Gasteiger partial charge is 0.178 e. The van der Waals surface area contributed by atoms with Gasteiger partial charge in [-0.05, 0) is 80.3 Å². The van der Waals surface area contributed by atoms with Gasteiger partial charge in [0.25, 0.3) is 0 Å². The number of ether oxygens (including phenoxy) is 2. The molecule has 2 aromatic carbocycles. The van der Waals surface area contributed by atoms with Crippen LogP contribution in [0.3, 0.4) is 0 Å². The number of benzene rings is 2. The van der Waals surface area contributed by atoms with Gasteiger partial charge < -0.3 is 9.47 Å². The van der Waals surface area contributed by atoms with Gasteiger partial charge in [0.15, 0.2) is 5.78 Å². The number of carbonyl (C=O) groups excluding carboxylic acids is 1. The molecular weight excluding hydrogens is 348 g/mol. The molecule has 3 heteroatoms. The molecule has 3 nitrogen and oxygen atoms in total. The zero-order chi connectivity index (χ0) is 20.6. The van der Waals surface area contributed by atoms with E-state index >= 15 is 0 Å². The van der Waals surface area contributed by atoms with E-state index in [1.165, 1.54) is 0 Å². The van der Waals surface area contributed by atoms with Crippen LogP contribution in [-0.2, 0) is 11.2 Å². The van der Waals surface area contributed by atoms with E-state index in [2.05, 4.69) is 6.58 Å². The maximum atomic E-state index is 12.1. The normalized spacial score (nSPS) is 11.7. The molecule has 0 aliphatic carbocycles. The van der Waals surface area contributed by atoms with Gasteiger partial charge in [0.05, 0.1) is 7.11 Å². The van der Waals surface area contributed by atoms with Gasteiger partial charge in [0, 0.05) is 0 Å². The number of ketones is 1. The molecule has 2 aromatic rings. The molecule has 146 valence electrons. The van der Waals surface area contributed by atoms with Crippen molar-refractivity contribution in [3.8, 4) is 11.5 Å². The monoisotopic (exact) mass is 376 g/mol. The number of allylic oxidation sites excluding steroid dienone is 3. The zero-order valence-electron chi connectivity index (χ0n) is 17.1. The van der Waals surface area contributed by atoms with Crippen LogP contribution in [0.15, 0.2) is 67.3 Å². The number of rotatable bonds is 8. The number of hydrogen-bond acceptors (Lipinski definition) is 3. The lowest BCUT2D eigenvalue weighted by atomic mass is 10.1. The van der Waals surface area contributed by atoms with Gasteiger partial charge >= 0.3 is 0 Å². The molecule has 0 unspecified atom stereocenters. The molecule has 0 saturated carbocycles. The first kappa shape index (κ1) is 21.2. The number of methoxy groups -OCH3 is 1. The van der Waals surface area contributed by atoms with E-state index in [0.717, 1.165) is 28.2 Å². The Morgan fingerprint density at radius 1 is 1.00 bits per heavy atom. The number of carbonyl (C=O) groups is 1. The minimum atomic E-state index is -0.231. The van der Waals surface area contributed by atoms with Crippen molar-refractivity contribution in [2.45, 2.75) is 32.8 Å². The van der Waals surface area contributed by atoms with E-state index in [9.17, 15) is 4.79 Å². The summed E-state index contributed by atoms with van der Waals surface area (Å²) in [5, 5.41) is 0. The van der Waals surface area contributed by atoms with E-state index in [1.807, 2.05) is 69.3 Å². The maximum Gasteiger partial charge on any atom is 0.178 e. The molecule has 0 N–H and O–H groups in total. The molecule has 0 aliphatic heterocycles. The molecule has 0 spiro atoms. The molecule has 0 aliphatic rings. The summed E-state index contributed by atoms with van der Waals surface area (Å²) in [5.74, 6) is 1.56. The van der Waals surface area contributed by atoms with Crippen LogP contribution in [0, 0.1) is 0 Å². The Morgan fingerprint density at radius 3 is 2.18 bits per heavy atom. The third kappa shape index (κ3) is 6.92. The van der Waals surface area contributed by atoms with Crippen LogP contribution >= 0.6 is 0 Å². The van der Waals surface area contributed by atoms with Crippen LogP contribution in [0.25, 0.3) is 12.2 Å². The van der Waals surface area contributed by atoms with Crippen LogP contribution in [0.4, 0.5) is 0 Å². The molecule has 0 heterocycles. The summed E-state index contributed by atoms with van der Waals surface area (Å²) in [5.41, 5.74) is 2.70. The highest BCUT2D eigenvalue weighted by atomic mass is 16.5. The summed E-state index contributed by atoms with van der Waals surface area (Å²) in [6.45, 7) is 9.79. The molecule has 0 atom stereocenters. The SMILES string of the molecule is C=CCc1cc(/C=C/C(=O)/C=C/c2ccc(OC(C)(C)C)cc2)ccc1OC. The van der Waals surface area contributed by atoms with Gasteiger partial charge in [-0.1, -0.05) is 36.4 Å². The molecule has 0 fully saturated rings. The molecule has 0 aromatic heterocycles. The fourth-order valence-corrected chi connectivity index (χ4v) is 2.63. The lowest BCUT2D eigenvalue weighted by molar-refractivity contribution is -0.110. The van der Waals surface area contributed by atoms with Crippen molar-refractivity contribution in [3.63, 3.8) is 0 Å². The molecule has 0 amide bonds.